The summed E-state index contributed by atoms with van der Waals surface area (Å²) >= 11 is 5.87. The lowest BCUT2D eigenvalue weighted by molar-refractivity contribution is 0.818. The molecule has 3 heteroatoms. The molecule has 0 spiro atoms. The Kier molecular flexibility index (Phi) is 4.71. The first-order chi connectivity index (χ1) is 7.27. The molecule has 0 atom stereocenters. The van der Waals surface area contributed by atoms with Gasteiger partial charge in [0.05, 0.1) is 10.6 Å². The highest BCUT2D eigenvalue weighted by Gasteiger charge is 1.98. The number of benzene rings is 1. The Bertz CT molecular complexity index is 435. The Morgan fingerprint density at radius 3 is 2.87 bits per heavy atom. The highest BCUT2D eigenvalue weighted by atomic mass is 35.5. The minimum absolute atomic E-state index is 0.456. The number of rotatable bonds is 2. The fourth-order valence-corrected chi connectivity index (χ4v) is 1.26. The lowest BCUT2D eigenvalue weighted by Gasteiger charge is -1.95. The Balaban J connectivity index is 2.75. The Labute approximate surface area is 94.9 Å². The van der Waals surface area contributed by atoms with E-state index in [4.69, 9.17) is 16.9 Å². The average molecular weight is 219 g/mol. The van der Waals surface area contributed by atoms with Crippen molar-refractivity contribution in [3.05, 3.63) is 34.3 Å². The summed E-state index contributed by atoms with van der Waals surface area (Å²) in [5.41, 5.74) is 1.33. The van der Waals surface area contributed by atoms with Gasteiger partial charge >= 0.3 is 0 Å². The second-order valence-corrected chi connectivity index (χ2v) is 3.37. The third kappa shape index (κ3) is 3.64. The minimum atomic E-state index is 0.456. The quantitative estimate of drug-likeness (QED) is 0.610. The molecule has 0 aliphatic heterocycles. The van der Waals surface area contributed by atoms with Gasteiger partial charge < -0.3 is 5.32 Å². The molecule has 15 heavy (non-hydrogen) atoms. The second kappa shape index (κ2) is 6.09. The Hall–Kier alpha value is -1.48. The Morgan fingerprint density at radius 2 is 2.27 bits per heavy atom. The predicted octanol–water partition coefficient (Wildman–Crippen LogP) is 2.17. The Morgan fingerprint density at radius 1 is 1.47 bits per heavy atom. The molecule has 1 aromatic carbocycles. The van der Waals surface area contributed by atoms with E-state index in [1.54, 1.807) is 18.2 Å². The third-order valence-corrected chi connectivity index (χ3v) is 2.13. The van der Waals surface area contributed by atoms with Crippen molar-refractivity contribution in [2.24, 2.45) is 0 Å². The topological polar surface area (TPSA) is 35.8 Å². The normalized spacial score (nSPS) is 8.87. The number of nitriles is 1. The van der Waals surface area contributed by atoms with Crippen molar-refractivity contribution in [2.75, 3.05) is 13.6 Å². The molecule has 0 aromatic heterocycles. The van der Waals surface area contributed by atoms with Crippen molar-refractivity contribution in [2.45, 2.75) is 6.42 Å². The first-order valence-corrected chi connectivity index (χ1v) is 4.99. The predicted molar refractivity (Wildman–Crippen MR) is 61.6 cm³/mol. The summed E-state index contributed by atoms with van der Waals surface area (Å²) in [4.78, 5) is 0. The number of hydrogen-bond acceptors (Lipinski definition) is 2. The fraction of sp³-hybridized carbons (Fsp3) is 0.250. The lowest BCUT2D eigenvalue weighted by atomic mass is 10.1. The maximum absolute atomic E-state index is 8.68. The molecule has 0 fully saturated rings. The maximum atomic E-state index is 8.68. The zero-order valence-corrected chi connectivity index (χ0v) is 9.23. The standard InChI is InChI=1S/C12H11ClN2/c1-15-7-3-2-4-10-5-6-11(9-14)12(13)8-10/h5-6,8,15H,3,7H2,1H3. The lowest BCUT2D eigenvalue weighted by Crippen LogP contribution is -2.05. The summed E-state index contributed by atoms with van der Waals surface area (Å²) in [5.74, 6) is 6.00. The summed E-state index contributed by atoms with van der Waals surface area (Å²) in [6.45, 7) is 0.872. The van der Waals surface area contributed by atoms with E-state index in [-0.39, 0.29) is 0 Å². The molecule has 76 valence electrons. The van der Waals surface area contributed by atoms with E-state index in [9.17, 15) is 0 Å². The zero-order valence-electron chi connectivity index (χ0n) is 8.47. The van der Waals surface area contributed by atoms with Gasteiger partial charge in [-0.05, 0) is 25.2 Å². The molecule has 0 amide bonds. The molecule has 0 aliphatic carbocycles. The summed E-state index contributed by atoms with van der Waals surface area (Å²) < 4.78 is 0. The average Bonchev–Trinajstić information content (AvgIpc) is 2.25. The molecule has 2 nitrogen and oxygen atoms in total. The van der Waals surface area contributed by atoms with Crippen LogP contribution in [0.1, 0.15) is 17.5 Å². The molecule has 0 saturated carbocycles. The number of nitrogens with one attached hydrogen (secondary N) is 1. The fourth-order valence-electron chi connectivity index (χ4n) is 1.04. The van der Waals surface area contributed by atoms with Crippen LogP contribution in [-0.4, -0.2) is 13.6 Å². The SMILES string of the molecule is CNCCC#Cc1ccc(C#N)c(Cl)c1. The van der Waals surface area contributed by atoms with Crippen LogP contribution in [0.5, 0.6) is 0 Å². The number of hydrogen-bond donors (Lipinski definition) is 1. The van der Waals surface area contributed by atoms with Crippen molar-refractivity contribution < 1.29 is 0 Å². The summed E-state index contributed by atoms with van der Waals surface area (Å²) in [6.07, 6.45) is 0.800. The first kappa shape index (κ1) is 11.6. The molecule has 0 aliphatic rings. The van der Waals surface area contributed by atoms with Gasteiger partial charge in [-0.3, -0.25) is 0 Å². The van der Waals surface area contributed by atoms with Gasteiger partial charge in [0.25, 0.3) is 0 Å². The van der Waals surface area contributed by atoms with E-state index in [2.05, 4.69) is 17.2 Å². The van der Waals surface area contributed by atoms with Gasteiger partial charge in [-0.2, -0.15) is 5.26 Å². The molecule has 1 aromatic rings. The van der Waals surface area contributed by atoms with Gasteiger partial charge in [0.1, 0.15) is 6.07 Å². The van der Waals surface area contributed by atoms with E-state index < -0.39 is 0 Å². The molecule has 0 saturated heterocycles. The van der Waals surface area contributed by atoms with E-state index in [0.717, 1.165) is 18.5 Å². The van der Waals surface area contributed by atoms with Gasteiger partial charge in [0.15, 0.2) is 0 Å². The van der Waals surface area contributed by atoms with Crippen LogP contribution < -0.4 is 5.32 Å². The van der Waals surface area contributed by atoms with Crippen LogP contribution in [-0.2, 0) is 0 Å². The molecular formula is C12H11ClN2. The highest BCUT2D eigenvalue weighted by Crippen LogP contribution is 2.16. The van der Waals surface area contributed by atoms with Gasteiger partial charge in [-0.25, -0.2) is 0 Å². The van der Waals surface area contributed by atoms with Crippen LogP contribution in [0.4, 0.5) is 0 Å². The monoisotopic (exact) mass is 218 g/mol. The third-order valence-electron chi connectivity index (χ3n) is 1.82. The summed E-state index contributed by atoms with van der Waals surface area (Å²) in [6, 6.07) is 7.21. The zero-order chi connectivity index (χ0) is 11.1. The van der Waals surface area contributed by atoms with Crippen molar-refractivity contribution in [3.8, 4) is 17.9 Å². The van der Waals surface area contributed by atoms with E-state index in [1.165, 1.54) is 0 Å². The van der Waals surface area contributed by atoms with Gasteiger partial charge in [-0.1, -0.05) is 23.4 Å². The van der Waals surface area contributed by atoms with Crippen LogP contribution in [0.25, 0.3) is 0 Å². The van der Waals surface area contributed by atoms with E-state index in [0.29, 0.717) is 10.6 Å². The van der Waals surface area contributed by atoms with Crippen molar-refractivity contribution in [3.63, 3.8) is 0 Å². The molecule has 0 unspecified atom stereocenters. The second-order valence-electron chi connectivity index (χ2n) is 2.96. The van der Waals surface area contributed by atoms with Crippen LogP contribution in [0.3, 0.4) is 0 Å². The molecule has 0 heterocycles. The van der Waals surface area contributed by atoms with E-state index in [1.807, 2.05) is 13.1 Å². The molecule has 1 rings (SSSR count). The van der Waals surface area contributed by atoms with Crippen LogP contribution >= 0.6 is 11.6 Å². The minimum Gasteiger partial charge on any atom is -0.319 e. The first-order valence-electron chi connectivity index (χ1n) is 4.61. The number of nitrogens with zero attached hydrogens (tertiary/aromatic N) is 1. The molecule has 0 bridgehead atoms. The summed E-state index contributed by atoms with van der Waals surface area (Å²) in [7, 11) is 1.89. The largest absolute Gasteiger partial charge is 0.319 e. The number of halogens is 1. The summed E-state index contributed by atoms with van der Waals surface area (Å²) in [5, 5.41) is 12.1. The van der Waals surface area contributed by atoms with Gasteiger partial charge in [-0.15, -0.1) is 0 Å². The van der Waals surface area contributed by atoms with Crippen LogP contribution in [0.15, 0.2) is 18.2 Å². The molecular weight excluding hydrogens is 208 g/mol. The van der Waals surface area contributed by atoms with Gasteiger partial charge in [0.2, 0.25) is 0 Å². The molecule has 0 radical (unpaired) electrons. The van der Waals surface area contributed by atoms with Gasteiger partial charge in [0, 0.05) is 18.5 Å². The smallest absolute Gasteiger partial charge is 0.101 e. The van der Waals surface area contributed by atoms with Crippen molar-refractivity contribution in [1.29, 1.82) is 5.26 Å². The maximum Gasteiger partial charge on any atom is 0.101 e. The molecule has 1 N–H and O–H groups in total. The highest BCUT2D eigenvalue weighted by molar-refractivity contribution is 6.31. The van der Waals surface area contributed by atoms with Crippen LogP contribution in [0.2, 0.25) is 5.02 Å². The van der Waals surface area contributed by atoms with Crippen molar-refractivity contribution in [1.82, 2.24) is 5.32 Å². The van der Waals surface area contributed by atoms with Crippen LogP contribution in [0, 0.1) is 23.2 Å². The van der Waals surface area contributed by atoms with Crippen molar-refractivity contribution >= 4 is 11.6 Å². The van der Waals surface area contributed by atoms with E-state index >= 15 is 0 Å².